The van der Waals surface area contributed by atoms with Crippen molar-refractivity contribution in [3.8, 4) is 5.75 Å². The Morgan fingerprint density at radius 1 is 1.25 bits per heavy atom. The summed E-state index contributed by atoms with van der Waals surface area (Å²) < 4.78 is 10.9. The minimum Gasteiger partial charge on any atom is -0.482 e. The van der Waals surface area contributed by atoms with Gasteiger partial charge in [-0.25, -0.2) is 4.79 Å². The third-order valence-electron chi connectivity index (χ3n) is 6.37. The van der Waals surface area contributed by atoms with Gasteiger partial charge in [-0.15, -0.1) is 11.8 Å². The standard InChI is InChI=1S/C21H23NO4S2/c1-2-25-15(23)10-26-14-6-4-3-5-13(14)17-16-11-7-8-12(9-11)18(16)27-20-19(17)28-21(24)22-20/h3-6,11-12,16-18H,2,7-10H2,1H3,(H,22,24)/t11-,12-,16+,17-,18+/m0/s1. The Bertz CT molecular complexity index is 952. The molecule has 1 aromatic heterocycles. The maximum absolute atomic E-state index is 12.2. The molecule has 2 bridgehead atoms. The zero-order chi connectivity index (χ0) is 19.3. The molecule has 28 heavy (non-hydrogen) atoms. The number of thiazole rings is 1. The van der Waals surface area contributed by atoms with E-state index in [1.54, 1.807) is 6.92 Å². The minimum absolute atomic E-state index is 0.0137. The van der Waals surface area contributed by atoms with Crippen molar-refractivity contribution in [3.63, 3.8) is 0 Å². The second-order valence-electron chi connectivity index (χ2n) is 7.81. The van der Waals surface area contributed by atoms with E-state index in [1.807, 2.05) is 30.0 Å². The third kappa shape index (κ3) is 2.99. The van der Waals surface area contributed by atoms with Crippen molar-refractivity contribution in [2.24, 2.45) is 17.8 Å². The summed E-state index contributed by atoms with van der Waals surface area (Å²) in [6.45, 7) is 2.04. The maximum Gasteiger partial charge on any atom is 0.344 e. The number of rotatable bonds is 5. The van der Waals surface area contributed by atoms with E-state index in [-0.39, 0.29) is 23.4 Å². The maximum atomic E-state index is 12.2. The van der Waals surface area contributed by atoms with Crippen LogP contribution < -0.4 is 9.61 Å². The van der Waals surface area contributed by atoms with Crippen molar-refractivity contribution in [1.29, 1.82) is 0 Å². The van der Waals surface area contributed by atoms with Gasteiger partial charge in [-0.05, 0) is 50.0 Å². The molecule has 2 aliphatic carbocycles. The average molecular weight is 418 g/mol. The number of aromatic amines is 1. The van der Waals surface area contributed by atoms with Crippen molar-refractivity contribution in [1.82, 2.24) is 4.98 Å². The molecule has 5 nitrogen and oxygen atoms in total. The van der Waals surface area contributed by atoms with Crippen molar-refractivity contribution in [2.45, 2.75) is 42.4 Å². The number of para-hydroxylation sites is 1. The van der Waals surface area contributed by atoms with Gasteiger partial charge in [0.25, 0.3) is 0 Å². The van der Waals surface area contributed by atoms with Crippen molar-refractivity contribution in [3.05, 3.63) is 44.4 Å². The quantitative estimate of drug-likeness (QED) is 0.744. The van der Waals surface area contributed by atoms with Gasteiger partial charge in [0, 0.05) is 21.6 Å². The van der Waals surface area contributed by atoms with Crippen molar-refractivity contribution >= 4 is 29.1 Å². The molecule has 2 aromatic rings. The minimum atomic E-state index is -0.360. The molecule has 0 unspecified atom stereocenters. The highest BCUT2D eigenvalue weighted by Gasteiger charge is 2.55. The molecule has 2 fully saturated rings. The lowest BCUT2D eigenvalue weighted by Crippen LogP contribution is -2.34. The van der Waals surface area contributed by atoms with E-state index in [0.717, 1.165) is 27.1 Å². The van der Waals surface area contributed by atoms with Crippen LogP contribution >= 0.6 is 23.1 Å². The highest BCUT2D eigenvalue weighted by atomic mass is 32.2. The molecule has 0 saturated heterocycles. The van der Waals surface area contributed by atoms with E-state index >= 15 is 0 Å². The lowest BCUT2D eigenvalue weighted by atomic mass is 9.74. The fourth-order valence-electron chi connectivity index (χ4n) is 5.41. The predicted molar refractivity (Wildman–Crippen MR) is 109 cm³/mol. The molecule has 1 aliphatic heterocycles. The molecule has 0 radical (unpaired) electrons. The summed E-state index contributed by atoms with van der Waals surface area (Å²) in [4.78, 5) is 28.2. The molecule has 5 atom stereocenters. The summed E-state index contributed by atoms with van der Waals surface area (Å²) in [5, 5.41) is 1.59. The van der Waals surface area contributed by atoms with Crippen LogP contribution in [0.1, 0.15) is 42.5 Å². The molecule has 0 amide bonds. The first-order valence-corrected chi connectivity index (χ1v) is 11.6. The van der Waals surface area contributed by atoms with Gasteiger partial charge in [-0.3, -0.25) is 4.79 Å². The van der Waals surface area contributed by atoms with Crippen LogP contribution in [0.5, 0.6) is 5.75 Å². The van der Waals surface area contributed by atoms with Crippen LogP contribution in [0.15, 0.2) is 34.1 Å². The van der Waals surface area contributed by atoms with Crippen LogP contribution in [0, 0.1) is 17.8 Å². The number of benzene rings is 1. The first-order chi connectivity index (χ1) is 13.7. The molecule has 1 N–H and O–H groups in total. The topological polar surface area (TPSA) is 68.4 Å². The van der Waals surface area contributed by atoms with E-state index in [2.05, 4.69) is 11.1 Å². The largest absolute Gasteiger partial charge is 0.482 e. The van der Waals surface area contributed by atoms with Gasteiger partial charge in [0.05, 0.1) is 11.6 Å². The van der Waals surface area contributed by atoms with Crippen LogP contribution in [-0.4, -0.2) is 29.4 Å². The Morgan fingerprint density at radius 3 is 2.93 bits per heavy atom. The molecule has 3 aliphatic rings. The van der Waals surface area contributed by atoms with Gasteiger partial charge in [-0.2, -0.15) is 0 Å². The second kappa shape index (κ2) is 7.26. The number of ether oxygens (including phenoxy) is 2. The predicted octanol–water partition coefficient (Wildman–Crippen LogP) is 4.03. The zero-order valence-electron chi connectivity index (χ0n) is 15.7. The molecule has 2 heterocycles. The molecule has 148 valence electrons. The number of H-pyrrole nitrogens is 1. The van der Waals surface area contributed by atoms with Gasteiger partial charge < -0.3 is 14.5 Å². The highest BCUT2D eigenvalue weighted by molar-refractivity contribution is 8.00. The van der Waals surface area contributed by atoms with Crippen LogP contribution in [-0.2, 0) is 9.53 Å². The normalized spacial score (nSPS) is 30.0. The Labute approximate surface area is 171 Å². The first-order valence-electron chi connectivity index (χ1n) is 9.92. The van der Waals surface area contributed by atoms with E-state index in [4.69, 9.17) is 9.47 Å². The molecule has 0 spiro atoms. The molecule has 5 rings (SSSR count). The van der Waals surface area contributed by atoms with Crippen LogP contribution in [0.2, 0.25) is 0 Å². The smallest absolute Gasteiger partial charge is 0.344 e. The lowest BCUT2D eigenvalue weighted by Gasteiger charge is -2.40. The zero-order valence-corrected chi connectivity index (χ0v) is 17.3. The van der Waals surface area contributed by atoms with Crippen molar-refractivity contribution in [2.75, 3.05) is 13.2 Å². The molecule has 2 saturated carbocycles. The number of esters is 1. The lowest BCUT2D eigenvalue weighted by molar-refractivity contribution is -0.145. The molecule has 1 aromatic carbocycles. The molecular formula is C21H23NO4S2. The monoisotopic (exact) mass is 417 g/mol. The summed E-state index contributed by atoms with van der Waals surface area (Å²) in [7, 11) is 0. The van der Waals surface area contributed by atoms with Gasteiger partial charge in [0.2, 0.25) is 0 Å². The number of fused-ring (bicyclic) bond motifs is 6. The van der Waals surface area contributed by atoms with E-state index in [0.29, 0.717) is 23.7 Å². The van der Waals surface area contributed by atoms with Gasteiger partial charge in [-0.1, -0.05) is 29.5 Å². The summed E-state index contributed by atoms with van der Waals surface area (Å²) in [5.41, 5.74) is 1.09. The van der Waals surface area contributed by atoms with Gasteiger partial charge in [0.15, 0.2) is 6.61 Å². The number of hydrogen-bond donors (Lipinski definition) is 1. The fourth-order valence-corrected chi connectivity index (χ4v) is 8.29. The fraction of sp³-hybridized carbons (Fsp3) is 0.524. The number of carbonyl (C=O) groups is 1. The average Bonchev–Trinajstić information content (AvgIpc) is 3.39. The van der Waals surface area contributed by atoms with E-state index < -0.39 is 0 Å². The number of thioether (sulfide) groups is 1. The van der Waals surface area contributed by atoms with E-state index in [1.165, 1.54) is 30.6 Å². The number of hydrogen-bond acceptors (Lipinski definition) is 6. The van der Waals surface area contributed by atoms with Gasteiger partial charge in [0.1, 0.15) is 5.75 Å². The number of carbonyl (C=O) groups excluding carboxylic acids is 1. The third-order valence-corrected chi connectivity index (χ3v) is 8.99. The van der Waals surface area contributed by atoms with Crippen molar-refractivity contribution < 1.29 is 14.3 Å². The summed E-state index contributed by atoms with van der Waals surface area (Å²) >= 11 is 3.21. The first kappa shape index (κ1) is 18.3. The second-order valence-corrected chi connectivity index (χ2v) is 10.0. The van der Waals surface area contributed by atoms with Gasteiger partial charge >= 0.3 is 10.8 Å². The number of aromatic nitrogens is 1. The Hall–Kier alpha value is -1.73. The van der Waals surface area contributed by atoms with Crippen LogP contribution in [0.25, 0.3) is 0 Å². The molecular weight excluding hydrogens is 394 g/mol. The summed E-state index contributed by atoms with van der Waals surface area (Å²) in [5.74, 6) is 2.48. The Kier molecular flexibility index (Phi) is 4.75. The Morgan fingerprint density at radius 2 is 2.07 bits per heavy atom. The summed E-state index contributed by atoms with van der Waals surface area (Å²) in [6.07, 6.45) is 3.88. The molecule has 7 heteroatoms. The van der Waals surface area contributed by atoms with Crippen LogP contribution in [0.3, 0.4) is 0 Å². The SMILES string of the molecule is CCOC(=O)COc1ccccc1[C@@H]1c2sc(=O)[nH]c2S[C@@H]2[C@H]3CC[C@@H](C3)[C@H]12. The highest BCUT2D eigenvalue weighted by Crippen LogP contribution is 2.64. The van der Waals surface area contributed by atoms with Crippen LogP contribution in [0.4, 0.5) is 0 Å². The van der Waals surface area contributed by atoms with E-state index in [9.17, 15) is 9.59 Å². The Balaban J connectivity index is 1.54. The number of nitrogens with one attached hydrogen (secondary N) is 1. The summed E-state index contributed by atoms with van der Waals surface area (Å²) in [6, 6.07) is 7.97.